The van der Waals surface area contributed by atoms with Crippen LogP contribution >= 0.6 is 23.1 Å². The Bertz CT molecular complexity index is 1020. The molecule has 0 saturated heterocycles. The lowest BCUT2D eigenvalue weighted by molar-refractivity contribution is -0.115. The molecule has 0 bridgehead atoms. The molecule has 0 spiro atoms. The van der Waals surface area contributed by atoms with Gasteiger partial charge in [0.15, 0.2) is 16.1 Å². The zero-order valence-corrected chi connectivity index (χ0v) is 19.3. The van der Waals surface area contributed by atoms with Gasteiger partial charge in [-0.2, -0.15) is 0 Å². The third kappa shape index (κ3) is 5.61. The Morgan fingerprint density at radius 1 is 1.23 bits per heavy atom. The van der Waals surface area contributed by atoms with Gasteiger partial charge in [0, 0.05) is 23.7 Å². The summed E-state index contributed by atoms with van der Waals surface area (Å²) >= 11 is 2.67. The van der Waals surface area contributed by atoms with Gasteiger partial charge in [-0.25, -0.2) is 4.98 Å². The average Bonchev–Trinajstić information content (AvgIpc) is 3.43. The van der Waals surface area contributed by atoms with Gasteiger partial charge < -0.3 is 19.9 Å². The Labute approximate surface area is 188 Å². The van der Waals surface area contributed by atoms with Crippen molar-refractivity contribution in [3.05, 3.63) is 47.2 Å². The SMILES string of the molecule is CCn1c(SC(C)C(=O)Nc2nccs2)nnc1C(C)NC(=O)c1ccc(OC)cc1. The van der Waals surface area contributed by atoms with Crippen molar-refractivity contribution in [2.75, 3.05) is 12.4 Å². The van der Waals surface area contributed by atoms with Crippen molar-refractivity contribution in [3.8, 4) is 5.75 Å². The van der Waals surface area contributed by atoms with Crippen LogP contribution in [0.25, 0.3) is 0 Å². The van der Waals surface area contributed by atoms with Crippen molar-refractivity contribution in [1.29, 1.82) is 0 Å². The molecule has 1 aromatic carbocycles. The lowest BCUT2D eigenvalue weighted by Crippen LogP contribution is -2.29. The van der Waals surface area contributed by atoms with E-state index in [4.69, 9.17) is 4.74 Å². The van der Waals surface area contributed by atoms with E-state index in [-0.39, 0.29) is 17.9 Å². The first kappa shape index (κ1) is 22.8. The molecule has 3 aromatic rings. The van der Waals surface area contributed by atoms with Crippen LogP contribution < -0.4 is 15.4 Å². The molecule has 2 amide bonds. The van der Waals surface area contributed by atoms with Crippen molar-refractivity contribution in [1.82, 2.24) is 25.1 Å². The van der Waals surface area contributed by atoms with Crippen LogP contribution in [-0.4, -0.2) is 43.9 Å². The highest BCUT2D eigenvalue weighted by Gasteiger charge is 2.23. The first-order valence-corrected chi connectivity index (χ1v) is 11.4. The van der Waals surface area contributed by atoms with Crippen LogP contribution in [0.3, 0.4) is 0 Å². The number of ether oxygens (including phenoxy) is 1. The lowest BCUT2D eigenvalue weighted by Gasteiger charge is -2.16. The third-order valence-electron chi connectivity index (χ3n) is 4.46. The van der Waals surface area contributed by atoms with Crippen LogP contribution in [0.1, 0.15) is 43.0 Å². The van der Waals surface area contributed by atoms with Crippen molar-refractivity contribution in [2.45, 2.75) is 43.8 Å². The molecule has 0 saturated carbocycles. The number of hydrogen-bond donors (Lipinski definition) is 2. The molecular weight excluding hydrogens is 436 g/mol. The standard InChI is InChI=1S/C20H24N6O3S2/c1-5-26-16(12(2)22-18(28)14-6-8-15(29-4)9-7-14)24-25-20(26)31-13(3)17(27)23-19-21-10-11-30-19/h6-13H,5H2,1-4H3,(H,22,28)(H,21,23,27). The lowest BCUT2D eigenvalue weighted by atomic mass is 10.2. The Balaban J connectivity index is 1.66. The number of thiazole rings is 1. The number of anilines is 1. The van der Waals surface area contributed by atoms with Crippen LogP contribution in [-0.2, 0) is 11.3 Å². The normalized spacial score (nSPS) is 12.8. The second-order valence-electron chi connectivity index (χ2n) is 6.60. The van der Waals surface area contributed by atoms with E-state index in [2.05, 4.69) is 25.8 Å². The fourth-order valence-corrected chi connectivity index (χ4v) is 4.25. The predicted octanol–water partition coefficient (Wildman–Crippen LogP) is 3.37. The van der Waals surface area contributed by atoms with Crippen LogP contribution in [0, 0.1) is 0 Å². The zero-order valence-electron chi connectivity index (χ0n) is 17.7. The summed E-state index contributed by atoms with van der Waals surface area (Å²) < 4.78 is 7.02. The van der Waals surface area contributed by atoms with Gasteiger partial charge >= 0.3 is 0 Å². The largest absolute Gasteiger partial charge is 0.497 e. The number of amides is 2. The number of nitrogens with one attached hydrogen (secondary N) is 2. The average molecular weight is 461 g/mol. The van der Waals surface area contributed by atoms with Crippen molar-refractivity contribution >= 4 is 40.0 Å². The summed E-state index contributed by atoms with van der Waals surface area (Å²) in [5, 5.41) is 16.8. The Morgan fingerprint density at radius 3 is 2.58 bits per heavy atom. The quantitative estimate of drug-likeness (QED) is 0.471. The minimum Gasteiger partial charge on any atom is -0.497 e. The number of thioether (sulfide) groups is 1. The molecule has 2 unspecified atom stereocenters. The molecule has 0 radical (unpaired) electrons. The fraction of sp³-hybridized carbons (Fsp3) is 0.350. The minimum atomic E-state index is -0.393. The molecule has 2 N–H and O–H groups in total. The summed E-state index contributed by atoms with van der Waals surface area (Å²) in [7, 11) is 1.58. The molecule has 2 atom stereocenters. The Hall–Kier alpha value is -2.92. The number of rotatable bonds is 9. The molecule has 2 heterocycles. The molecule has 0 aliphatic heterocycles. The molecule has 164 valence electrons. The molecular formula is C20H24N6O3S2. The van der Waals surface area contributed by atoms with E-state index in [0.29, 0.717) is 34.0 Å². The van der Waals surface area contributed by atoms with E-state index in [1.54, 1.807) is 49.9 Å². The van der Waals surface area contributed by atoms with Gasteiger partial charge in [0.05, 0.1) is 18.4 Å². The minimum absolute atomic E-state index is 0.159. The van der Waals surface area contributed by atoms with E-state index in [0.717, 1.165) is 0 Å². The number of hydrogen-bond acceptors (Lipinski definition) is 8. The summed E-state index contributed by atoms with van der Waals surface area (Å²) in [6.45, 7) is 6.23. The van der Waals surface area contributed by atoms with Gasteiger partial charge in [-0.15, -0.1) is 21.5 Å². The first-order valence-electron chi connectivity index (χ1n) is 9.68. The maximum atomic E-state index is 12.6. The number of carbonyl (C=O) groups excluding carboxylic acids is 2. The second kappa shape index (κ2) is 10.4. The van der Waals surface area contributed by atoms with E-state index in [1.807, 2.05) is 18.4 Å². The predicted molar refractivity (Wildman–Crippen MR) is 121 cm³/mol. The number of methoxy groups -OCH3 is 1. The van der Waals surface area contributed by atoms with Crippen LogP contribution in [0.4, 0.5) is 5.13 Å². The molecule has 0 fully saturated rings. The van der Waals surface area contributed by atoms with E-state index < -0.39 is 5.25 Å². The van der Waals surface area contributed by atoms with Crippen LogP contribution in [0.2, 0.25) is 0 Å². The van der Waals surface area contributed by atoms with Crippen molar-refractivity contribution < 1.29 is 14.3 Å². The molecule has 11 heteroatoms. The third-order valence-corrected chi connectivity index (χ3v) is 6.23. The van der Waals surface area contributed by atoms with Crippen molar-refractivity contribution in [3.63, 3.8) is 0 Å². The summed E-state index contributed by atoms with van der Waals surface area (Å²) in [5.74, 6) is 0.934. The molecule has 3 rings (SSSR count). The monoisotopic (exact) mass is 460 g/mol. The van der Waals surface area contributed by atoms with E-state index in [9.17, 15) is 9.59 Å². The maximum Gasteiger partial charge on any atom is 0.251 e. The summed E-state index contributed by atoms with van der Waals surface area (Å²) in [6.07, 6.45) is 1.64. The number of benzene rings is 1. The van der Waals surface area contributed by atoms with Crippen LogP contribution in [0.15, 0.2) is 41.0 Å². The molecule has 9 nitrogen and oxygen atoms in total. The maximum absolute atomic E-state index is 12.6. The van der Waals surface area contributed by atoms with Crippen molar-refractivity contribution in [2.24, 2.45) is 0 Å². The highest BCUT2D eigenvalue weighted by Crippen LogP contribution is 2.26. The molecule has 2 aromatic heterocycles. The summed E-state index contributed by atoms with van der Waals surface area (Å²) in [4.78, 5) is 29.1. The number of aromatic nitrogens is 4. The first-order chi connectivity index (χ1) is 14.9. The van der Waals surface area contributed by atoms with Crippen LogP contribution in [0.5, 0.6) is 5.75 Å². The van der Waals surface area contributed by atoms with Gasteiger partial charge in [-0.05, 0) is 45.0 Å². The summed E-state index contributed by atoms with van der Waals surface area (Å²) in [5.41, 5.74) is 0.525. The van der Waals surface area contributed by atoms with Gasteiger partial charge in [0.2, 0.25) is 5.91 Å². The fourth-order valence-electron chi connectivity index (χ4n) is 2.80. The van der Waals surface area contributed by atoms with Gasteiger partial charge in [0.1, 0.15) is 5.75 Å². The Morgan fingerprint density at radius 2 is 1.97 bits per heavy atom. The second-order valence-corrected chi connectivity index (χ2v) is 8.80. The van der Waals surface area contributed by atoms with Gasteiger partial charge in [-0.1, -0.05) is 11.8 Å². The number of nitrogens with zero attached hydrogens (tertiary/aromatic N) is 4. The molecule has 0 aliphatic rings. The molecule has 31 heavy (non-hydrogen) atoms. The zero-order chi connectivity index (χ0) is 22.4. The molecule has 0 aliphatic carbocycles. The smallest absolute Gasteiger partial charge is 0.251 e. The van der Waals surface area contributed by atoms with E-state index in [1.165, 1.54) is 23.1 Å². The Kier molecular flexibility index (Phi) is 7.64. The van der Waals surface area contributed by atoms with Gasteiger partial charge in [0.25, 0.3) is 5.91 Å². The van der Waals surface area contributed by atoms with E-state index >= 15 is 0 Å². The topological polar surface area (TPSA) is 111 Å². The van der Waals surface area contributed by atoms with Gasteiger partial charge in [-0.3, -0.25) is 9.59 Å². The highest BCUT2D eigenvalue weighted by molar-refractivity contribution is 8.00. The number of carbonyl (C=O) groups is 2. The summed E-state index contributed by atoms with van der Waals surface area (Å²) in [6, 6.07) is 6.52. The highest BCUT2D eigenvalue weighted by atomic mass is 32.2.